The van der Waals surface area contributed by atoms with Gasteiger partial charge in [-0.3, -0.25) is 0 Å². The Balaban J connectivity index is 2.37. The van der Waals surface area contributed by atoms with E-state index in [1.165, 1.54) is 0 Å². The number of nitrogens with zero attached hydrogens (tertiary/aromatic N) is 2. The average molecular weight is 234 g/mol. The zero-order chi connectivity index (χ0) is 12.3. The van der Waals surface area contributed by atoms with E-state index in [9.17, 15) is 0 Å². The number of ether oxygens (including phenoxy) is 2. The lowest BCUT2D eigenvalue weighted by atomic mass is 10.2. The monoisotopic (exact) mass is 234 g/mol. The lowest BCUT2D eigenvalue weighted by molar-refractivity contribution is 0.311. The number of aryl methyl sites for hydroxylation is 1. The molecule has 0 aliphatic carbocycles. The van der Waals surface area contributed by atoms with E-state index in [1.807, 2.05) is 25.1 Å². The predicted octanol–water partition coefficient (Wildman–Crippen LogP) is 2.45. The molecule has 90 valence electrons. The van der Waals surface area contributed by atoms with Crippen LogP contribution < -0.4 is 9.47 Å². The normalized spacial score (nSPS) is 10.3. The highest BCUT2D eigenvalue weighted by Crippen LogP contribution is 2.31. The lowest BCUT2D eigenvalue weighted by Gasteiger charge is -2.09. The van der Waals surface area contributed by atoms with Crippen molar-refractivity contribution in [3.8, 4) is 22.9 Å². The van der Waals surface area contributed by atoms with Crippen LogP contribution in [0, 0.1) is 6.92 Å². The van der Waals surface area contributed by atoms with Crippen LogP contribution in [0.2, 0.25) is 0 Å². The summed E-state index contributed by atoms with van der Waals surface area (Å²) in [6, 6.07) is 5.54. The smallest absolute Gasteiger partial charge is 0.223 e. The highest BCUT2D eigenvalue weighted by Gasteiger charge is 2.10. The van der Waals surface area contributed by atoms with Gasteiger partial charge < -0.3 is 14.0 Å². The molecule has 0 aliphatic heterocycles. The van der Waals surface area contributed by atoms with Gasteiger partial charge in [0, 0.05) is 12.5 Å². The zero-order valence-electron chi connectivity index (χ0n) is 10.1. The summed E-state index contributed by atoms with van der Waals surface area (Å²) in [7, 11) is 1.60. The molecule has 17 heavy (non-hydrogen) atoms. The Morgan fingerprint density at radius 1 is 1.29 bits per heavy atom. The first-order valence-electron chi connectivity index (χ1n) is 5.36. The van der Waals surface area contributed by atoms with E-state index < -0.39 is 0 Å². The molecule has 0 fully saturated rings. The van der Waals surface area contributed by atoms with Gasteiger partial charge in [-0.05, 0) is 25.1 Å². The fraction of sp³-hybridized carbons (Fsp3) is 0.333. The number of rotatable bonds is 4. The van der Waals surface area contributed by atoms with Gasteiger partial charge in [-0.15, -0.1) is 0 Å². The Morgan fingerprint density at radius 3 is 2.71 bits per heavy atom. The number of hydrogen-bond donors (Lipinski definition) is 0. The second-order valence-corrected chi connectivity index (χ2v) is 3.44. The maximum absolute atomic E-state index is 5.43. The molecule has 0 bridgehead atoms. The Kier molecular flexibility index (Phi) is 3.27. The lowest BCUT2D eigenvalue weighted by Crippen LogP contribution is -1.95. The molecule has 0 aliphatic rings. The molecule has 5 nitrogen and oxygen atoms in total. The van der Waals surface area contributed by atoms with Gasteiger partial charge in [-0.25, -0.2) is 0 Å². The summed E-state index contributed by atoms with van der Waals surface area (Å²) >= 11 is 0. The van der Waals surface area contributed by atoms with E-state index in [1.54, 1.807) is 14.0 Å². The molecule has 0 radical (unpaired) electrons. The molecule has 0 N–H and O–H groups in total. The molecule has 2 rings (SSSR count). The topological polar surface area (TPSA) is 57.4 Å². The second-order valence-electron chi connectivity index (χ2n) is 3.44. The van der Waals surface area contributed by atoms with Gasteiger partial charge in [-0.1, -0.05) is 5.16 Å². The van der Waals surface area contributed by atoms with E-state index in [0.717, 1.165) is 5.56 Å². The van der Waals surface area contributed by atoms with E-state index >= 15 is 0 Å². The van der Waals surface area contributed by atoms with Crippen LogP contribution in [0.4, 0.5) is 0 Å². The molecule has 0 unspecified atom stereocenters. The summed E-state index contributed by atoms with van der Waals surface area (Å²) < 4.78 is 15.6. The van der Waals surface area contributed by atoms with Crippen molar-refractivity contribution in [3.05, 3.63) is 24.1 Å². The molecule has 1 aromatic carbocycles. The third-order valence-corrected chi connectivity index (χ3v) is 2.25. The average Bonchev–Trinajstić information content (AvgIpc) is 2.77. The first-order valence-corrected chi connectivity index (χ1v) is 5.36. The minimum Gasteiger partial charge on any atom is -0.493 e. The molecule has 0 amide bonds. The quantitative estimate of drug-likeness (QED) is 0.813. The Bertz CT molecular complexity index is 508. The fourth-order valence-electron chi connectivity index (χ4n) is 1.50. The van der Waals surface area contributed by atoms with Crippen LogP contribution in [-0.2, 0) is 0 Å². The van der Waals surface area contributed by atoms with Gasteiger partial charge in [0.2, 0.25) is 11.7 Å². The van der Waals surface area contributed by atoms with Gasteiger partial charge in [-0.2, -0.15) is 4.98 Å². The first-order chi connectivity index (χ1) is 8.24. The van der Waals surface area contributed by atoms with Crippen LogP contribution in [-0.4, -0.2) is 23.9 Å². The van der Waals surface area contributed by atoms with Gasteiger partial charge in [0.15, 0.2) is 11.5 Å². The number of methoxy groups -OCH3 is 1. The maximum atomic E-state index is 5.43. The third kappa shape index (κ3) is 2.38. The molecule has 5 heteroatoms. The Morgan fingerprint density at radius 2 is 2.12 bits per heavy atom. The largest absolute Gasteiger partial charge is 0.493 e. The number of hydrogen-bond acceptors (Lipinski definition) is 5. The predicted molar refractivity (Wildman–Crippen MR) is 62.2 cm³/mol. The third-order valence-electron chi connectivity index (χ3n) is 2.25. The molecule has 0 saturated heterocycles. The minimum absolute atomic E-state index is 0.535. The van der Waals surface area contributed by atoms with Crippen molar-refractivity contribution in [3.63, 3.8) is 0 Å². The van der Waals surface area contributed by atoms with Crippen LogP contribution in [0.5, 0.6) is 11.5 Å². The molecule has 2 aromatic rings. The van der Waals surface area contributed by atoms with E-state index in [0.29, 0.717) is 29.8 Å². The van der Waals surface area contributed by atoms with Gasteiger partial charge in [0.25, 0.3) is 0 Å². The van der Waals surface area contributed by atoms with Gasteiger partial charge in [0.1, 0.15) is 0 Å². The Hall–Kier alpha value is -2.04. The van der Waals surface area contributed by atoms with Crippen molar-refractivity contribution in [1.29, 1.82) is 0 Å². The minimum atomic E-state index is 0.535. The van der Waals surface area contributed by atoms with Crippen molar-refractivity contribution < 1.29 is 14.0 Å². The summed E-state index contributed by atoms with van der Waals surface area (Å²) in [6.45, 7) is 4.27. The van der Waals surface area contributed by atoms with Crippen molar-refractivity contribution in [2.75, 3.05) is 13.7 Å². The second kappa shape index (κ2) is 4.86. The number of benzene rings is 1. The zero-order valence-corrected chi connectivity index (χ0v) is 10.1. The van der Waals surface area contributed by atoms with Crippen molar-refractivity contribution in [1.82, 2.24) is 10.1 Å². The molecular formula is C12H14N2O3. The molecular weight excluding hydrogens is 220 g/mol. The SMILES string of the molecule is CCOc1ccc(-c2noc(C)n2)cc1OC. The molecule has 0 saturated carbocycles. The van der Waals surface area contributed by atoms with Gasteiger partial charge in [0.05, 0.1) is 13.7 Å². The fourth-order valence-corrected chi connectivity index (χ4v) is 1.50. The highest BCUT2D eigenvalue weighted by molar-refractivity contribution is 5.60. The molecule has 0 spiro atoms. The highest BCUT2D eigenvalue weighted by atomic mass is 16.5. The van der Waals surface area contributed by atoms with E-state index in [-0.39, 0.29) is 0 Å². The van der Waals surface area contributed by atoms with Crippen molar-refractivity contribution >= 4 is 0 Å². The van der Waals surface area contributed by atoms with Gasteiger partial charge >= 0.3 is 0 Å². The summed E-state index contributed by atoms with van der Waals surface area (Å²) in [4.78, 5) is 4.16. The standard InChI is InChI=1S/C12H14N2O3/c1-4-16-10-6-5-9(7-11(10)15-3)12-13-8(2)17-14-12/h5-7H,4H2,1-3H3. The van der Waals surface area contributed by atoms with Crippen LogP contribution in [0.3, 0.4) is 0 Å². The first kappa shape index (κ1) is 11.4. The van der Waals surface area contributed by atoms with E-state index in [4.69, 9.17) is 14.0 Å². The Labute approximate surface area is 99.4 Å². The van der Waals surface area contributed by atoms with Crippen LogP contribution in [0.25, 0.3) is 11.4 Å². The molecule has 1 aromatic heterocycles. The van der Waals surface area contributed by atoms with Crippen molar-refractivity contribution in [2.24, 2.45) is 0 Å². The summed E-state index contributed by atoms with van der Waals surface area (Å²) in [5.41, 5.74) is 0.835. The van der Waals surface area contributed by atoms with Crippen molar-refractivity contribution in [2.45, 2.75) is 13.8 Å². The summed E-state index contributed by atoms with van der Waals surface area (Å²) in [5.74, 6) is 2.45. The van der Waals surface area contributed by atoms with Crippen LogP contribution in [0.15, 0.2) is 22.7 Å². The molecule has 1 heterocycles. The summed E-state index contributed by atoms with van der Waals surface area (Å²) in [5, 5.41) is 3.85. The number of aromatic nitrogens is 2. The molecule has 0 atom stereocenters. The van der Waals surface area contributed by atoms with Crippen LogP contribution in [0.1, 0.15) is 12.8 Å². The maximum Gasteiger partial charge on any atom is 0.223 e. The summed E-state index contributed by atoms with van der Waals surface area (Å²) in [6.07, 6.45) is 0. The van der Waals surface area contributed by atoms with Crippen LogP contribution >= 0.6 is 0 Å². The van der Waals surface area contributed by atoms with E-state index in [2.05, 4.69) is 10.1 Å².